The number of piperidine rings is 1. The molecule has 0 saturated carbocycles. The second-order valence-electron chi connectivity index (χ2n) is 7.86. The van der Waals surface area contributed by atoms with Gasteiger partial charge in [-0.3, -0.25) is 9.59 Å². The topological polar surface area (TPSA) is 46.6 Å². The summed E-state index contributed by atoms with van der Waals surface area (Å²) in [4.78, 5) is 27.4. The van der Waals surface area contributed by atoms with E-state index in [-0.39, 0.29) is 17.6 Å². The van der Waals surface area contributed by atoms with Crippen molar-refractivity contribution in [3.05, 3.63) is 64.7 Å². The van der Waals surface area contributed by atoms with E-state index in [2.05, 4.69) is 6.07 Å². The molecule has 0 radical (unpaired) electrons. The summed E-state index contributed by atoms with van der Waals surface area (Å²) in [5.74, 6) is 0.872. The third-order valence-electron chi connectivity index (χ3n) is 5.51. The second kappa shape index (κ2) is 8.59. The van der Waals surface area contributed by atoms with Gasteiger partial charge in [0.15, 0.2) is 11.9 Å². The summed E-state index contributed by atoms with van der Waals surface area (Å²) < 4.78 is 5.80. The zero-order valence-corrected chi connectivity index (χ0v) is 17.2. The van der Waals surface area contributed by atoms with Gasteiger partial charge in [0.2, 0.25) is 0 Å². The Hall–Kier alpha value is -2.62. The molecule has 1 atom stereocenters. The standard InChI is InChI=1S/C24H29NO3/c1-16-5-8-21(9-6-16)28-19(4)24(27)25-13-11-20(12-14-25)23(26)22-10-7-17(2)15-18(22)3/h5-10,15,19-20H,11-14H2,1-4H3. The van der Waals surface area contributed by atoms with Crippen LogP contribution in [-0.2, 0) is 4.79 Å². The highest BCUT2D eigenvalue weighted by molar-refractivity contribution is 5.99. The van der Waals surface area contributed by atoms with E-state index in [1.165, 1.54) is 0 Å². The molecule has 2 aromatic carbocycles. The third-order valence-corrected chi connectivity index (χ3v) is 5.51. The summed E-state index contributed by atoms with van der Waals surface area (Å²) >= 11 is 0. The van der Waals surface area contributed by atoms with Crippen molar-refractivity contribution in [2.75, 3.05) is 13.1 Å². The Bertz CT molecular complexity index is 849. The molecule has 1 fully saturated rings. The van der Waals surface area contributed by atoms with E-state index in [9.17, 15) is 9.59 Å². The minimum absolute atomic E-state index is 0.0150. The van der Waals surface area contributed by atoms with Gasteiger partial charge in [-0.15, -0.1) is 0 Å². The van der Waals surface area contributed by atoms with Crippen molar-refractivity contribution in [1.82, 2.24) is 4.90 Å². The fourth-order valence-corrected chi connectivity index (χ4v) is 3.80. The number of aryl methyl sites for hydroxylation is 3. The number of hydrogen-bond acceptors (Lipinski definition) is 3. The first kappa shape index (κ1) is 20.1. The van der Waals surface area contributed by atoms with Crippen LogP contribution in [0.1, 0.15) is 46.8 Å². The molecule has 148 valence electrons. The van der Waals surface area contributed by atoms with Crippen LogP contribution >= 0.6 is 0 Å². The summed E-state index contributed by atoms with van der Waals surface area (Å²) in [6, 6.07) is 13.7. The number of amides is 1. The number of hydrogen-bond donors (Lipinski definition) is 0. The van der Waals surface area contributed by atoms with Crippen LogP contribution in [0.3, 0.4) is 0 Å². The minimum atomic E-state index is -0.533. The number of ether oxygens (including phenoxy) is 1. The van der Waals surface area contributed by atoms with Crippen LogP contribution in [0.5, 0.6) is 5.75 Å². The smallest absolute Gasteiger partial charge is 0.263 e. The molecule has 0 spiro atoms. The van der Waals surface area contributed by atoms with Gasteiger partial charge >= 0.3 is 0 Å². The Labute approximate surface area is 167 Å². The van der Waals surface area contributed by atoms with E-state index in [1.807, 2.05) is 62.1 Å². The first-order valence-corrected chi connectivity index (χ1v) is 9.98. The van der Waals surface area contributed by atoms with Crippen molar-refractivity contribution < 1.29 is 14.3 Å². The molecule has 1 aliphatic rings. The fraction of sp³-hybridized carbons (Fsp3) is 0.417. The second-order valence-corrected chi connectivity index (χ2v) is 7.86. The van der Waals surface area contributed by atoms with E-state index in [0.717, 1.165) is 22.3 Å². The maximum Gasteiger partial charge on any atom is 0.263 e. The molecule has 28 heavy (non-hydrogen) atoms. The molecule has 2 aromatic rings. The Morgan fingerprint density at radius 1 is 0.964 bits per heavy atom. The summed E-state index contributed by atoms with van der Waals surface area (Å²) in [5, 5.41) is 0. The third kappa shape index (κ3) is 4.61. The first-order chi connectivity index (χ1) is 13.3. The number of rotatable bonds is 5. The lowest BCUT2D eigenvalue weighted by atomic mass is 9.87. The first-order valence-electron chi connectivity index (χ1n) is 9.98. The van der Waals surface area contributed by atoms with Gasteiger partial charge in [0.05, 0.1) is 0 Å². The molecule has 1 aliphatic heterocycles. The Morgan fingerprint density at radius 2 is 1.57 bits per heavy atom. The molecule has 0 aromatic heterocycles. The average Bonchev–Trinajstić information content (AvgIpc) is 2.69. The van der Waals surface area contributed by atoms with Gasteiger partial charge < -0.3 is 9.64 Å². The molecule has 1 unspecified atom stereocenters. The summed E-state index contributed by atoms with van der Waals surface area (Å²) in [6.07, 6.45) is 0.874. The van der Waals surface area contributed by atoms with E-state index in [0.29, 0.717) is 31.7 Å². The maximum absolute atomic E-state index is 12.9. The van der Waals surface area contributed by atoms with Crippen molar-refractivity contribution in [2.45, 2.75) is 46.6 Å². The van der Waals surface area contributed by atoms with E-state index < -0.39 is 6.10 Å². The molecule has 0 N–H and O–H groups in total. The van der Waals surface area contributed by atoms with Crippen molar-refractivity contribution >= 4 is 11.7 Å². The molecule has 1 amide bonds. The monoisotopic (exact) mass is 379 g/mol. The highest BCUT2D eigenvalue weighted by Gasteiger charge is 2.30. The number of nitrogens with zero attached hydrogens (tertiary/aromatic N) is 1. The summed E-state index contributed by atoms with van der Waals surface area (Å²) in [6.45, 7) is 9.02. The number of carbonyl (C=O) groups excluding carboxylic acids is 2. The molecule has 4 nitrogen and oxygen atoms in total. The van der Waals surface area contributed by atoms with Crippen LogP contribution in [0.25, 0.3) is 0 Å². The molecule has 0 bridgehead atoms. The van der Waals surface area contributed by atoms with Gasteiger partial charge in [0, 0.05) is 24.6 Å². The van der Waals surface area contributed by atoms with Gasteiger partial charge in [-0.2, -0.15) is 0 Å². The van der Waals surface area contributed by atoms with Crippen LogP contribution < -0.4 is 4.74 Å². The Kier molecular flexibility index (Phi) is 6.18. The Balaban J connectivity index is 1.56. The highest BCUT2D eigenvalue weighted by atomic mass is 16.5. The van der Waals surface area contributed by atoms with Gasteiger partial charge in [0.1, 0.15) is 5.75 Å². The van der Waals surface area contributed by atoms with E-state index in [1.54, 1.807) is 6.92 Å². The lowest BCUT2D eigenvalue weighted by Crippen LogP contribution is -2.45. The lowest BCUT2D eigenvalue weighted by Gasteiger charge is -2.33. The van der Waals surface area contributed by atoms with Gasteiger partial charge in [-0.1, -0.05) is 41.5 Å². The summed E-state index contributed by atoms with van der Waals surface area (Å²) in [5.41, 5.74) is 4.16. The SMILES string of the molecule is Cc1ccc(OC(C)C(=O)N2CCC(C(=O)c3ccc(C)cc3C)CC2)cc1. The largest absolute Gasteiger partial charge is 0.481 e. The average molecular weight is 380 g/mol. The normalized spacial score (nSPS) is 15.9. The van der Waals surface area contributed by atoms with Crippen LogP contribution in [0.2, 0.25) is 0 Å². The van der Waals surface area contributed by atoms with Gasteiger partial charge in [0.25, 0.3) is 5.91 Å². The quantitative estimate of drug-likeness (QED) is 0.719. The lowest BCUT2D eigenvalue weighted by molar-refractivity contribution is -0.139. The molecular weight excluding hydrogens is 350 g/mol. The van der Waals surface area contributed by atoms with Crippen molar-refractivity contribution in [2.24, 2.45) is 5.92 Å². The maximum atomic E-state index is 12.9. The van der Waals surface area contributed by atoms with Crippen molar-refractivity contribution in [1.29, 1.82) is 0 Å². The van der Waals surface area contributed by atoms with Crippen LogP contribution in [0.4, 0.5) is 0 Å². The fourth-order valence-electron chi connectivity index (χ4n) is 3.80. The Morgan fingerprint density at radius 3 is 2.18 bits per heavy atom. The molecule has 0 aliphatic carbocycles. The molecular formula is C24H29NO3. The van der Waals surface area contributed by atoms with E-state index in [4.69, 9.17) is 4.74 Å². The zero-order valence-electron chi connectivity index (χ0n) is 17.2. The number of benzene rings is 2. The number of ketones is 1. The van der Waals surface area contributed by atoms with Crippen LogP contribution in [0, 0.1) is 26.7 Å². The van der Waals surface area contributed by atoms with Gasteiger partial charge in [-0.05, 0) is 58.2 Å². The zero-order chi connectivity index (χ0) is 20.3. The predicted molar refractivity (Wildman–Crippen MR) is 111 cm³/mol. The van der Waals surface area contributed by atoms with Crippen LogP contribution in [-0.4, -0.2) is 35.8 Å². The predicted octanol–water partition coefficient (Wildman–Crippen LogP) is 4.50. The van der Waals surface area contributed by atoms with Crippen molar-refractivity contribution in [3.8, 4) is 5.75 Å². The molecule has 1 heterocycles. The molecule has 3 rings (SSSR count). The number of likely N-dealkylation sites (tertiary alicyclic amines) is 1. The molecule has 4 heteroatoms. The molecule has 1 saturated heterocycles. The van der Waals surface area contributed by atoms with Crippen LogP contribution in [0.15, 0.2) is 42.5 Å². The van der Waals surface area contributed by atoms with Crippen molar-refractivity contribution in [3.63, 3.8) is 0 Å². The minimum Gasteiger partial charge on any atom is -0.481 e. The van der Waals surface area contributed by atoms with E-state index >= 15 is 0 Å². The highest BCUT2D eigenvalue weighted by Crippen LogP contribution is 2.25. The van der Waals surface area contributed by atoms with Gasteiger partial charge in [-0.25, -0.2) is 0 Å². The number of Topliss-reactive ketones (excluding diaryl/α,β-unsaturated/α-hetero) is 1. The number of carbonyl (C=O) groups is 2. The summed E-state index contributed by atoms with van der Waals surface area (Å²) in [7, 11) is 0.